The van der Waals surface area contributed by atoms with Gasteiger partial charge in [0.15, 0.2) is 0 Å². The highest BCUT2D eigenvalue weighted by Gasteiger charge is 2.22. The first kappa shape index (κ1) is 24.6. The summed E-state index contributed by atoms with van der Waals surface area (Å²) < 4.78 is 0. The van der Waals surface area contributed by atoms with Gasteiger partial charge in [0.1, 0.15) is 0 Å². The van der Waals surface area contributed by atoms with Gasteiger partial charge in [0, 0.05) is 0 Å². The minimum absolute atomic E-state index is 0. The van der Waals surface area contributed by atoms with Crippen molar-refractivity contribution in [2.45, 2.75) is 63.8 Å². The molecular formula is C24H36ClNO2. The standard InChI is InChI=1S/C24H35NO2.ClH/c1-2-3-4-5-6-8-20-11-13-22(14-12-20)23-10-7-9-21(17-23)15-16-24(25,18-26)19-27;/h7,9-14,17,26-27H,2-6,8,15-16,18-19,25H2,1H3;1H. The zero-order valence-corrected chi connectivity index (χ0v) is 17.9. The van der Waals surface area contributed by atoms with Crippen molar-refractivity contribution in [3.05, 3.63) is 59.7 Å². The average molecular weight is 406 g/mol. The first-order valence-corrected chi connectivity index (χ1v) is 10.3. The molecule has 4 heteroatoms. The molecule has 2 aromatic rings. The molecular weight excluding hydrogens is 370 g/mol. The molecule has 2 aromatic carbocycles. The molecule has 0 radical (unpaired) electrons. The van der Waals surface area contributed by atoms with Gasteiger partial charge in [-0.2, -0.15) is 0 Å². The molecule has 156 valence electrons. The van der Waals surface area contributed by atoms with E-state index >= 15 is 0 Å². The van der Waals surface area contributed by atoms with Crippen molar-refractivity contribution < 1.29 is 10.2 Å². The fraction of sp³-hybridized carbons (Fsp3) is 0.500. The van der Waals surface area contributed by atoms with Crippen molar-refractivity contribution in [3.63, 3.8) is 0 Å². The number of hydrogen-bond donors (Lipinski definition) is 3. The number of hydrogen-bond acceptors (Lipinski definition) is 3. The van der Waals surface area contributed by atoms with Crippen LogP contribution in [0, 0.1) is 0 Å². The van der Waals surface area contributed by atoms with Crippen molar-refractivity contribution >= 4 is 12.4 Å². The number of nitrogens with two attached hydrogens (primary N) is 1. The van der Waals surface area contributed by atoms with Gasteiger partial charge in [-0.05, 0) is 47.9 Å². The first-order chi connectivity index (χ1) is 13.1. The maximum Gasteiger partial charge on any atom is 0.0633 e. The molecule has 2 rings (SSSR count). The van der Waals surface area contributed by atoms with E-state index in [4.69, 9.17) is 5.73 Å². The SMILES string of the molecule is CCCCCCCc1ccc(-c2cccc(CCC(N)(CO)CO)c2)cc1.Cl. The topological polar surface area (TPSA) is 66.5 Å². The van der Waals surface area contributed by atoms with E-state index in [0.717, 1.165) is 12.8 Å². The predicted octanol–water partition coefficient (Wildman–Crippen LogP) is 4.90. The fourth-order valence-corrected chi connectivity index (χ4v) is 3.30. The number of aliphatic hydroxyl groups is 2. The molecule has 0 fully saturated rings. The number of aryl methyl sites for hydroxylation is 2. The van der Waals surface area contributed by atoms with Crippen LogP contribution in [-0.4, -0.2) is 29.0 Å². The monoisotopic (exact) mass is 405 g/mol. The third-order valence-corrected chi connectivity index (χ3v) is 5.32. The van der Waals surface area contributed by atoms with Crippen LogP contribution in [0.3, 0.4) is 0 Å². The Labute approximate surface area is 176 Å². The highest BCUT2D eigenvalue weighted by atomic mass is 35.5. The van der Waals surface area contributed by atoms with E-state index in [1.165, 1.54) is 54.4 Å². The highest BCUT2D eigenvalue weighted by molar-refractivity contribution is 5.85. The molecule has 3 nitrogen and oxygen atoms in total. The lowest BCUT2D eigenvalue weighted by atomic mass is 9.92. The van der Waals surface area contributed by atoms with Crippen LogP contribution in [0.2, 0.25) is 0 Å². The van der Waals surface area contributed by atoms with Crippen LogP contribution in [0.25, 0.3) is 11.1 Å². The minimum atomic E-state index is -0.908. The number of benzene rings is 2. The van der Waals surface area contributed by atoms with Crippen molar-refractivity contribution in [2.24, 2.45) is 5.73 Å². The van der Waals surface area contributed by atoms with Gasteiger partial charge in [-0.25, -0.2) is 0 Å². The molecule has 0 unspecified atom stereocenters. The van der Waals surface area contributed by atoms with E-state index in [9.17, 15) is 10.2 Å². The lowest BCUT2D eigenvalue weighted by Crippen LogP contribution is -2.47. The second kappa shape index (κ2) is 12.9. The Bertz CT molecular complexity index is 669. The zero-order valence-electron chi connectivity index (χ0n) is 17.1. The molecule has 0 spiro atoms. The summed E-state index contributed by atoms with van der Waals surface area (Å²) in [6.45, 7) is 1.84. The lowest BCUT2D eigenvalue weighted by molar-refractivity contribution is 0.115. The Hall–Kier alpha value is -1.39. The van der Waals surface area contributed by atoms with E-state index in [0.29, 0.717) is 6.42 Å². The summed E-state index contributed by atoms with van der Waals surface area (Å²) >= 11 is 0. The maximum atomic E-state index is 9.34. The molecule has 0 saturated heterocycles. The summed E-state index contributed by atoms with van der Waals surface area (Å²) in [5, 5.41) is 18.7. The molecule has 4 N–H and O–H groups in total. The van der Waals surface area contributed by atoms with E-state index < -0.39 is 5.54 Å². The molecule has 0 aliphatic heterocycles. The Morgan fingerprint density at radius 2 is 1.46 bits per heavy atom. The van der Waals surface area contributed by atoms with E-state index in [1.54, 1.807) is 0 Å². The number of unbranched alkanes of at least 4 members (excludes halogenated alkanes) is 4. The molecule has 0 aliphatic carbocycles. The molecule has 0 aromatic heterocycles. The number of aliphatic hydroxyl groups excluding tert-OH is 2. The molecule has 0 aliphatic rings. The fourth-order valence-electron chi connectivity index (χ4n) is 3.30. The van der Waals surface area contributed by atoms with Crippen molar-refractivity contribution in [3.8, 4) is 11.1 Å². The second-order valence-corrected chi connectivity index (χ2v) is 7.74. The van der Waals surface area contributed by atoms with Gasteiger partial charge < -0.3 is 15.9 Å². The van der Waals surface area contributed by atoms with E-state index in [1.807, 2.05) is 0 Å². The van der Waals surface area contributed by atoms with Gasteiger partial charge in [-0.3, -0.25) is 0 Å². The van der Waals surface area contributed by atoms with E-state index in [2.05, 4.69) is 55.5 Å². The molecule has 0 bridgehead atoms. The Balaban J connectivity index is 0.00000392. The van der Waals surface area contributed by atoms with Crippen LogP contribution in [-0.2, 0) is 12.8 Å². The summed E-state index contributed by atoms with van der Waals surface area (Å²) in [6.07, 6.45) is 9.02. The van der Waals surface area contributed by atoms with Crippen LogP contribution in [0.15, 0.2) is 48.5 Å². The van der Waals surface area contributed by atoms with Gasteiger partial charge in [0.05, 0.1) is 18.8 Å². The summed E-state index contributed by atoms with van der Waals surface area (Å²) in [5.74, 6) is 0. The van der Waals surface area contributed by atoms with Gasteiger partial charge in [-0.15, -0.1) is 12.4 Å². The largest absolute Gasteiger partial charge is 0.394 e. The molecule has 0 heterocycles. The van der Waals surface area contributed by atoms with Gasteiger partial charge in [0.2, 0.25) is 0 Å². The average Bonchev–Trinajstić information content (AvgIpc) is 2.72. The number of halogens is 1. The normalized spacial score (nSPS) is 11.3. The Morgan fingerprint density at radius 1 is 0.786 bits per heavy atom. The Morgan fingerprint density at radius 3 is 2.11 bits per heavy atom. The van der Waals surface area contributed by atoms with Gasteiger partial charge >= 0.3 is 0 Å². The maximum absolute atomic E-state index is 9.34. The first-order valence-electron chi connectivity index (χ1n) is 10.3. The third kappa shape index (κ3) is 7.92. The predicted molar refractivity (Wildman–Crippen MR) is 121 cm³/mol. The van der Waals surface area contributed by atoms with Crippen LogP contribution < -0.4 is 5.73 Å². The van der Waals surface area contributed by atoms with Crippen molar-refractivity contribution in [1.82, 2.24) is 0 Å². The minimum Gasteiger partial charge on any atom is -0.394 e. The summed E-state index contributed by atoms with van der Waals surface area (Å²) in [7, 11) is 0. The van der Waals surface area contributed by atoms with Crippen molar-refractivity contribution in [2.75, 3.05) is 13.2 Å². The highest BCUT2D eigenvalue weighted by Crippen LogP contribution is 2.23. The molecule has 0 amide bonds. The molecule has 28 heavy (non-hydrogen) atoms. The third-order valence-electron chi connectivity index (χ3n) is 5.32. The van der Waals surface area contributed by atoms with Crippen LogP contribution in [0.4, 0.5) is 0 Å². The lowest BCUT2D eigenvalue weighted by Gasteiger charge is -2.24. The number of rotatable bonds is 12. The molecule has 0 saturated carbocycles. The summed E-state index contributed by atoms with van der Waals surface area (Å²) in [5.41, 5.74) is 10.1. The van der Waals surface area contributed by atoms with Crippen LogP contribution in [0.5, 0.6) is 0 Å². The van der Waals surface area contributed by atoms with Crippen LogP contribution in [0.1, 0.15) is 56.6 Å². The quantitative estimate of drug-likeness (QED) is 0.440. The van der Waals surface area contributed by atoms with Gasteiger partial charge in [-0.1, -0.05) is 81.1 Å². The summed E-state index contributed by atoms with van der Waals surface area (Å²) in [4.78, 5) is 0. The Kier molecular flexibility index (Phi) is 11.4. The second-order valence-electron chi connectivity index (χ2n) is 7.74. The van der Waals surface area contributed by atoms with Crippen LogP contribution >= 0.6 is 12.4 Å². The van der Waals surface area contributed by atoms with Crippen molar-refractivity contribution in [1.29, 1.82) is 0 Å². The van der Waals surface area contributed by atoms with E-state index in [-0.39, 0.29) is 25.6 Å². The van der Waals surface area contributed by atoms with Gasteiger partial charge in [0.25, 0.3) is 0 Å². The smallest absolute Gasteiger partial charge is 0.0633 e. The zero-order chi connectivity index (χ0) is 19.5. The molecule has 0 atom stereocenters. The summed E-state index contributed by atoms with van der Waals surface area (Å²) in [6, 6.07) is 17.3.